The number of benzene rings is 3. The first kappa shape index (κ1) is 26.5. The van der Waals surface area contributed by atoms with Crippen molar-refractivity contribution in [3.05, 3.63) is 101 Å². The molecular weight excluding hydrogens is 528 g/mol. The molecule has 6 nitrogen and oxygen atoms in total. The molecule has 0 aliphatic heterocycles. The third kappa shape index (κ3) is 7.46. The number of carbonyl (C=O) groups is 2. The minimum atomic E-state index is -0.264. The third-order valence-electron chi connectivity index (χ3n) is 6.39. The largest absolute Gasteiger partial charge is 0.361 e. The topological polar surface area (TPSA) is 68.4 Å². The number of aromatic amines is 1. The summed E-state index contributed by atoms with van der Waals surface area (Å²) in [4.78, 5) is 33.6. The van der Waals surface area contributed by atoms with Crippen LogP contribution in [0.4, 0.5) is 10.5 Å². The summed E-state index contributed by atoms with van der Waals surface area (Å²) >= 11 is 3.42. The van der Waals surface area contributed by atoms with Crippen LogP contribution in [0, 0.1) is 0 Å². The van der Waals surface area contributed by atoms with E-state index >= 15 is 0 Å². The minimum absolute atomic E-state index is 0.0308. The third-order valence-corrected chi connectivity index (χ3v) is 6.91. The SMILES string of the molecule is CCCCN(CC(=O)N(CCc1c[nH]c2ccccc12)Cc1ccccc1)C(=O)Nc1ccc(Br)cc1. The van der Waals surface area contributed by atoms with Gasteiger partial charge in [-0.3, -0.25) is 4.79 Å². The molecule has 0 aliphatic carbocycles. The number of hydrogen-bond acceptors (Lipinski definition) is 2. The van der Waals surface area contributed by atoms with Gasteiger partial charge in [0.15, 0.2) is 0 Å². The van der Waals surface area contributed by atoms with Gasteiger partial charge in [-0.25, -0.2) is 4.79 Å². The highest BCUT2D eigenvalue weighted by atomic mass is 79.9. The zero-order valence-electron chi connectivity index (χ0n) is 21.1. The van der Waals surface area contributed by atoms with E-state index in [1.807, 2.05) is 77.8 Å². The smallest absolute Gasteiger partial charge is 0.322 e. The van der Waals surface area contributed by atoms with Gasteiger partial charge in [-0.05, 0) is 54.3 Å². The predicted octanol–water partition coefficient (Wildman–Crippen LogP) is 6.84. The molecule has 1 aromatic heterocycles. The molecule has 0 radical (unpaired) electrons. The first-order valence-corrected chi connectivity index (χ1v) is 13.5. The summed E-state index contributed by atoms with van der Waals surface area (Å²) in [7, 11) is 0. The highest BCUT2D eigenvalue weighted by Gasteiger charge is 2.22. The Morgan fingerprint density at radius 1 is 0.892 bits per heavy atom. The molecule has 0 unspecified atom stereocenters. The lowest BCUT2D eigenvalue weighted by atomic mass is 10.1. The van der Waals surface area contributed by atoms with Crippen LogP contribution in [0.25, 0.3) is 10.9 Å². The maximum Gasteiger partial charge on any atom is 0.322 e. The van der Waals surface area contributed by atoms with Crippen LogP contribution in [0.15, 0.2) is 89.5 Å². The zero-order chi connectivity index (χ0) is 26.0. The molecule has 2 N–H and O–H groups in total. The summed E-state index contributed by atoms with van der Waals surface area (Å²) in [6.45, 7) is 3.69. The Bertz CT molecular complexity index is 1300. The van der Waals surface area contributed by atoms with Crippen molar-refractivity contribution in [3.8, 4) is 0 Å². The number of amides is 3. The van der Waals surface area contributed by atoms with Gasteiger partial charge in [-0.1, -0.05) is 77.8 Å². The quantitative estimate of drug-likeness (QED) is 0.211. The van der Waals surface area contributed by atoms with Crippen LogP contribution in [0.1, 0.15) is 30.9 Å². The van der Waals surface area contributed by atoms with Crippen LogP contribution in [0.5, 0.6) is 0 Å². The molecule has 0 spiro atoms. The number of carbonyl (C=O) groups excluding carboxylic acids is 2. The van der Waals surface area contributed by atoms with Crippen molar-refractivity contribution in [2.45, 2.75) is 32.7 Å². The number of nitrogens with zero attached hydrogens (tertiary/aromatic N) is 2. The van der Waals surface area contributed by atoms with Crippen LogP contribution in [0.3, 0.4) is 0 Å². The maximum absolute atomic E-state index is 13.6. The lowest BCUT2D eigenvalue weighted by Gasteiger charge is -2.28. The van der Waals surface area contributed by atoms with Crippen molar-refractivity contribution >= 4 is 44.5 Å². The molecule has 7 heteroatoms. The molecule has 4 aromatic rings. The van der Waals surface area contributed by atoms with Crippen molar-refractivity contribution in [1.82, 2.24) is 14.8 Å². The number of hydrogen-bond donors (Lipinski definition) is 2. The molecule has 0 aliphatic rings. The lowest BCUT2D eigenvalue weighted by Crippen LogP contribution is -2.45. The summed E-state index contributed by atoms with van der Waals surface area (Å²) in [6.07, 6.45) is 4.51. The minimum Gasteiger partial charge on any atom is -0.361 e. The molecule has 1 heterocycles. The molecule has 3 amide bonds. The van der Waals surface area contributed by atoms with Gasteiger partial charge < -0.3 is 20.1 Å². The molecule has 0 atom stereocenters. The van der Waals surface area contributed by atoms with E-state index in [2.05, 4.69) is 45.3 Å². The van der Waals surface area contributed by atoms with Gasteiger partial charge in [0.2, 0.25) is 5.91 Å². The molecule has 0 saturated carbocycles. The van der Waals surface area contributed by atoms with Gasteiger partial charge in [-0.15, -0.1) is 0 Å². The Morgan fingerprint density at radius 2 is 1.62 bits per heavy atom. The summed E-state index contributed by atoms with van der Waals surface area (Å²) in [6, 6.07) is 25.4. The Kier molecular flexibility index (Phi) is 9.38. The summed E-state index contributed by atoms with van der Waals surface area (Å²) < 4.78 is 0.940. The molecule has 3 aromatic carbocycles. The van der Waals surface area contributed by atoms with E-state index in [4.69, 9.17) is 0 Å². The lowest BCUT2D eigenvalue weighted by molar-refractivity contribution is -0.132. The molecule has 0 saturated heterocycles. The number of H-pyrrole nitrogens is 1. The van der Waals surface area contributed by atoms with Crippen molar-refractivity contribution in [2.24, 2.45) is 0 Å². The molecular formula is C30H33BrN4O2. The van der Waals surface area contributed by atoms with Crippen molar-refractivity contribution in [2.75, 3.05) is 25.0 Å². The van der Waals surface area contributed by atoms with Crippen LogP contribution in [-0.2, 0) is 17.8 Å². The number of unbranched alkanes of at least 4 members (excludes halogenated alkanes) is 1. The predicted molar refractivity (Wildman–Crippen MR) is 154 cm³/mol. The Morgan fingerprint density at radius 3 is 2.38 bits per heavy atom. The molecule has 192 valence electrons. The number of nitrogens with one attached hydrogen (secondary N) is 2. The Balaban J connectivity index is 1.48. The fourth-order valence-electron chi connectivity index (χ4n) is 4.29. The van der Waals surface area contributed by atoms with E-state index in [0.29, 0.717) is 25.3 Å². The number of urea groups is 1. The number of aromatic nitrogens is 1. The first-order valence-electron chi connectivity index (χ1n) is 12.7. The second-order valence-electron chi connectivity index (χ2n) is 9.12. The number of halogens is 1. The van der Waals surface area contributed by atoms with E-state index in [1.54, 1.807) is 4.90 Å². The fourth-order valence-corrected chi connectivity index (χ4v) is 4.55. The molecule has 37 heavy (non-hydrogen) atoms. The van der Waals surface area contributed by atoms with Crippen molar-refractivity contribution < 1.29 is 9.59 Å². The highest BCUT2D eigenvalue weighted by molar-refractivity contribution is 9.10. The summed E-state index contributed by atoms with van der Waals surface area (Å²) in [5.41, 5.74) is 4.03. The van der Waals surface area contributed by atoms with E-state index in [1.165, 1.54) is 10.9 Å². The number of anilines is 1. The van der Waals surface area contributed by atoms with E-state index in [-0.39, 0.29) is 18.5 Å². The van der Waals surface area contributed by atoms with Gasteiger partial charge >= 0.3 is 6.03 Å². The molecule has 0 fully saturated rings. The van der Waals surface area contributed by atoms with E-state index in [9.17, 15) is 9.59 Å². The number of para-hydroxylation sites is 1. The van der Waals surface area contributed by atoms with E-state index < -0.39 is 0 Å². The Hall–Kier alpha value is -3.58. The zero-order valence-corrected chi connectivity index (χ0v) is 22.7. The van der Waals surface area contributed by atoms with Gasteiger partial charge in [0.25, 0.3) is 0 Å². The first-order chi connectivity index (χ1) is 18.0. The maximum atomic E-state index is 13.6. The van der Waals surface area contributed by atoms with Gasteiger partial charge in [0, 0.05) is 46.9 Å². The van der Waals surface area contributed by atoms with Crippen LogP contribution in [-0.4, -0.2) is 46.4 Å². The Labute approximate surface area is 226 Å². The van der Waals surface area contributed by atoms with Crippen LogP contribution >= 0.6 is 15.9 Å². The number of fused-ring (bicyclic) bond motifs is 1. The highest BCUT2D eigenvalue weighted by Crippen LogP contribution is 2.19. The van der Waals surface area contributed by atoms with Crippen molar-refractivity contribution in [3.63, 3.8) is 0 Å². The normalized spacial score (nSPS) is 10.9. The summed E-state index contributed by atoms with van der Waals surface area (Å²) in [5.74, 6) is -0.0641. The molecule has 4 rings (SSSR count). The van der Waals surface area contributed by atoms with Gasteiger partial charge in [0.1, 0.15) is 6.54 Å². The average molecular weight is 562 g/mol. The van der Waals surface area contributed by atoms with Gasteiger partial charge in [0.05, 0.1) is 0 Å². The molecule has 0 bridgehead atoms. The van der Waals surface area contributed by atoms with Gasteiger partial charge in [-0.2, -0.15) is 0 Å². The monoisotopic (exact) mass is 560 g/mol. The second-order valence-corrected chi connectivity index (χ2v) is 10.0. The van der Waals surface area contributed by atoms with Crippen molar-refractivity contribution in [1.29, 1.82) is 0 Å². The second kappa shape index (κ2) is 13.1. The fraction of sp³-hybridized carbons (Fsp3) is 0.267. The summed E-state index contributed by atoms with van der Waals surface area (Å²) in [5, 5.41) is 4.11. The number of rotatable bonds is 11. The van der Waals surface area contributed by atoms with E-state index in [0.717, 1.165) is 34.8 Å². The van der Waals surface area contributed by atoms with Crippen LogP contribution < -0.4 is 5.32 Å². The average Bonchev–Trinajstić information content (AvgIpc) is 3.33. The van der Waals surface area contributed by atoms with Crippen LogP contribution in [0.2, 0.25) is 0 Å². The standard InChI is InChI=1S/C30H33BrN4O2/c1-2-3-18-35(30(37)33-26-15-13-25(31)14-16-26)22-29(36)34(21-23-9-5-4-6-10-23)19-17-24-20-32-28-12-8-7-11-27(24)28/h4-16,20,32H,2-3,17-19,21-22H2,1H3,(H,33,37).